The molecule has 0 spiro atoms. The Morgan fingerprint density at radius 2 is 1.90 bits per heavy atom. The van der Waals surface area contributed by atoms with E-state index in [1.807, 2.05) is 30.0 Å². The van der Waals surface area contributed by atoms with E-state index in [1.54, 1.807) is 17.4 Å². The third kappa shape index (κ3) is 3.57. The number of thioether (sulfide) groups is 1. The Kier molecular flexibility index (Phi) is 5.57. The van der Waals surface area contributed by atoms with Crippen LogP contribution in [0.1, 0.15) is 65.8 Å². The molecule has 0 amide bonds. The summed E-state index contributed by atoms with van der Waals surface area (Å²) < 4.78 is 0. The number of thiophene rings is 1. The lowest BCUT2D eigenvalue weighted by Crippen LogP contribution is -2.11. The van der Waals surface area contributed by atoms with Gasteiger partial charge in [0.15, 0.2) is 0 Å². The maximum atomic E-state index is 10.3. The number of fused-ring (bicyclic) bond motifs is 2. The fourth-order valence-corrected chi connectivity index (χ4v) is 7.24. The summed E-state index contributed by atoms with van der Waals surface area (Å²) in [6.07, 6.45) is 9.27. The highest BCUT2D eigenvalue weighted by atomic mass is 32.2. The summed E-state index contributed by atoms with van der Waals surface area (Å²) in [6, 6.07) is 12.3. The molecule has 2 atom stereocenters. The number of hydrogen-bond acceptors (Lipinski definition) is 5. The molecule has 3 heterocycles. The number of benzene rings is 1. The first-order valence-corrected chi connectivity index (χ1v) is 12.7. The normalized spacial score (nSPS) is 20.6. The van der Waals surface area contributed by atoms with Crippen LogP contribution in [0, 0.1) is 28.6 Å². The summed E-state index contributed by atoms with van der Waals surface area (Å²) in [7, 11) is 0. The van der Waals surface area contributed by atoms with Crippen LogP contribution in [-0.2, 0) is 12.8 Å². The molecule has 0 saturated heterocycles. The molecule has 1 aromatic carbocycles. The summed E-state index contributed by atoms with van der Waals surface area (Å²) in [5, 5.41) is 23.2. The molecule has 0 saturated carbocycles. The first kappa shape index (κ1) is 20.3. The molecule has 31 heavy (non-hydrogen) atoms. The largest absolute Gasteiger partial charge is 0.242 e. The SMILES string of the molecule is CC1C=CSC1c1c2c(nc3sc(-c4cccc(C#N)c4)c(C#N)c13)CCCCCC2. The van der Waals surface area contributed by atoms with Gasteiger partial charge in [0.2, 0.25) is 0 Å². The van der Waals surface area contributed by atoms with Crippen LogP contribution >= 0.6 is 23.1 Å². The summed E-state index contributed by atoms with van der Waals surface area (Å²) >= 11 is 3.48. The quantitative estimate of drug-likeness (QED) is 0.418. The van der Waals surface area contributed by atoms with Crippen LogP contribution in [0.15, 0.2) is 35.7 Å². The molecule has 3 aromatic rings. The van der Waals surface area contributed by atoms with E-state index >= 15 is 0 Å². The molecule has 5 heteroatoms. The number of pyridine rings is 1. The summed E-state index contributed by atoms with van der Waals surface area (Å²) in [5.41, 5.74) is 6.25. The molecule has 2 unspecified atom stereocenters. The number of aromatic nitrogens is 1. The second-order valence-electron chi connectivity index (χ2n) is 8.40. The van der Waals surface area contributed by atoms with Crippen molar-refractivity contribution in [3.05, 3.63) is 63.7 Å². The van der Waals surface area contributed by atoms with E-state index < -0.39 is 0 Å². The van der Waals surface area contributed by atoms with Gasteiger partial charge < -0.3 is 0 Å². The zero-order valence-corrected chi connectivity index (χ0v) is 19.2. The van der Waals surface area contributed by atoms with Crippen LogP contribution in [0.2, 0.25) is 0 Å². The Bertz CT molecular complexity index is 1270. The van der Waals surface area contributed by atoms with E-state index in [-0.39, 0.29) is 0 Å². The van der Waals surface area contributed by atoms with Gasteiger partial charge >= 0.3 is 0 Å². The van der Waals surface area contributed by atoms with Crippen LogP contribution in [0.4, 0.5) is 0 Å². The molecular formula is C26H23N3S2. The summed E-state index contributed by atoms with van der Waals surface area (Å²) in [5.74, 6) is 0.432. The first-order chi connectivity index (χ1) is 15.2. The van der Waals surface area contributed by atoms with Crippen molar-refractivity contribution in [2.75, 3.05) is 0 Å². The van der Waals surface area contributed by atoms with Gasteiger partial charge in [-0.25, -0.2) is 4.98 Å². The Balaban J connectivity index is 1.82. The van der Waals surface area contributed by atoms with Crippen molar-refractivity contribution in [1.82, 2.24) is 4.98 Å². The Morgan fingerprint density at radius 3 is 2.65 bits per heavy atom. The highest BCUT2D eigenvalue weighted by molar-refractivity contribution is 8.02. The van der Waals surface area contributed by atoms with Gasteiger partial charge in [-0.05, 0) is 65.8 Å². The third-order valence-electron chi connectivity index (χ3n) is 6.39. The standard InChI is InChI=1S/C26H23N3S2/c1-16-11-12-30-24(16)22-19-9-4-2-3-5-10-21(19)29-26-23(22)20(15-28)25(31-26)18-8-6-7-17(13-18)14-27/h6-8,11-13,16,24H,2-5,9-10H2,1H3. The van der Waals surface area contributed by atoms with E-state index in [0.29, 0.717) is 16.7 Å². The Hall–Kier alpha value is -2.60. The molecule has 2 aliphatic rings. The van der Waals surface area contributed by atoms with Crippen molar-refractivity contribution < 1.29 is 0 Å². The zero-order chi connectivity index (χ0) is 21.4. The fourth-order valence-electron chi connectivity index (χ4n) is 4.84. The van der Waals surface area contributed by atoms with Crippen molar-refractivity contribution in [1.29, 1.82) is 10.5 Å². The van der Waals surface area contributed by atoms with Crippen LogP contribution in [0.25, 0.3) is 20.7 Å². The van der Waals surface area contributed by atoms with E-state index in [2.05, 4.69) is 30.5 Å². The molecule has 0 radical (unpaired) electrons. The highest BCUT2D eigenvalue weighted by Crippen LogP contribution is 2.50. The molecule has 0 N–H and O–H groups in total. The molecule has 3 nitrogen and oxygen atoms in total. The van der Waals surface area contributed by atoms with E-state index in [4.69, 9.17) is 4.98 Å². The molecule has 5 rings (SSSR count). The summed E-state index contributed by atoms with van der Waals surface area (Å²) in [6.45, 7) is 2.28. The van der Waals surface area contributed by atoms with Crippen LogP contribution < -0.4 is 0 Å². The van der Waals surface area contributed by atoms with Crippen molar-refractivity contribution in [2.24, 2.45) is 5.92 Å². The topological polar surface area (TPSA) is 60.5 Å². The van der Waals surface area contributed by atoms with Crippen LogP contribution in [0.5, 0.6) is 0 Å². The average molecular weight is 442 g/mol. The van der Waals surface area contributed by atoms with Crippen molar-refractivity contribution in [3.63, 3.8) is 0 Å². The van der Waals surface area contributed by atoms with Gasteiger partial charge in [-0.1, -0.05) is 38.0 Å². The lowest BCUT2D eigenvalue weighted by atomic mass is 9.87. The predicted molar refractivity (Wildman–Crippen MR) is 129 cm³/mol. The first-order valence-electron chi connectivity index (χ1n) is 10.9. The molecule has 0 fully saturated rings. The van der Waals surface area contributed by atoms with E-state index in [0.717, 1.165) is 39.1 Å². The van der Waals surface area contributed by atoms with Gasteiger partial charge in [0.1, 0.15) is 10.9 Å². The monoisotopic (exact) mass is 441 g/mol. The second kappa shape index (κ2) is 8.50. The number of hydrogen-bond donors (Lipinski definition) is 0. The zero-order valence-electron chi connectivity index (χ0n) is 17.5. The van der Waals surface area contributed by atoms with Gasteiger partial charge in [-0.15, -0.1) is 23.1 Å². The van der Waals surface area contributed by atoms with Crippen molar-refractivity contribution in [2.45, 2.75) is 50.7 Å². The van der Waals surface area contributed by atoms with Crippen molar-refractivity contribution >= 4 is 33.3 Å². The molecule has 0 bridgehead atoms. The predicted octanol–water partition coefficient (Wildman–Crippen LogP) is 7.30. The minimum absolute atomic E-state index is 0.332. The Labute approximate surface area is 191 Å². The molecule has 2 aromatic heterocycles. The minimum Gasteiger partial charge on any atom is -0.242 e. The maximum absolute atomic E-state index is 10.3. The van der Waals surface area contributed by atoms with Gasteiger partial charge in [0.05, 0.1) is 22.1 Å². The third-order valence-corrected chi connectivity index (χ3v) is 8.80. The molecule has 154 valence electrons. The van der Waals surface area contributed by atoms with Gasteiger partial charge in [0, 0.05) is 16.3 Å². The number of rotatable bonds is 2. The summed E-state index contributed by atoms with van der Waals surface area (Å²) in [4.78, 5) is 7.05. The lowest BCUT2D eigenvalue weighted by molar-refractivity contribution is 0.603. The molecule has 1 aliphatic heterocycles. The van der Waals surface area contributed by atoms with E-state index in [9.17, 15) is 10.5 Å². The molecule has 1 aliphatic carbocycles. The molecular weight excluding hydrogens is 418 g/mol. The minimum atomic E-state index is 0.332. The number of nitriles is 2. The number of allylic oxidation sites excluding steroid dienone is 1. The van der Waals surface area contributed by atoms with Gasteiger partial charge in [0.25, 0.3) is 0 Å². The second-order valence-corrected chi connectivity index (χ2v) is 10.5. The van der Waals surface area contributed by atoms with Gasteiger partial charge in [-0.2, -0.15) is 10.5 Å². The van der Waals surface area contributed by atoms with Crippen LogP contribution in [-0.4, -0.2) is 4.98 Å². The van der Waals surface area contributed by atoms with E-state index in [1.165, 1.54) is 42.5 Å². The lowest BCUT2D eigenvalue weighted by Gasteiger charge is -2.24. The highest BCUT2D eigenvalue weighted by Gasteiger charge is 2.31. The average Bonchev–Trinajstić information content (AvgIpc) is 3.36. The fraction of sp³-hybridized carbons (Fsp3) is 0.346. The number of nitrogens with zero attached hydrogens (tertiary/aromatic N) is 3. The Morgan fingerprint density at radius 1 is 1.06 bits per heavy atom. The van der Waals surface area contributed by atoms with Crippen LogP contribution in [0.3, 0.4) is 0 Å². The number of aryl methyl sites for hydroxylation is 1. The maximum Gasteiger partial charge on any atom is 0.125 e. The smallest absolute Gasteiger partial charge is 0.125 e. The van der Waals surface area contributed by atoms with Crippen molar-refractivity contribution in [3.8, 4) is 22.6 Å². The van der Waals surface area contributed by atoms with Gasteiger partial charge in [-0.3, -0.25) is 0 Å².